The summed E-state index contributed by atoms with van der Waals surface area (Å²) in [5.74, 6) is 0.975. The smallest absolute Gasteiger partial charge is 0.260 e. The summed E-state index contributed by atoms with van der Waals surface area (Å²) < 4.78 is 6.97. The highest BCUT2D eigenvalue weighted by molar-refractivity contribution is 7.99. The van der Waals surface area contributed by atoms with E-state index in [0.717, 1.165) is 51.9 Å². The van der Waals surface area contributed by atoms with Crippen molar-refractivity contribution in [3.05, 3.63) is 53.6 Å². The Morgan fingerprint density at radius 1 is 1.28 bits per heavy atom. The van der Waals surface area contributed by atoms with Crippen LogP contribution < -0.4 is 4.90 Å². The van der Waals surface area contributed by atoms with Gasteiger partial charge in [0.2, 0.25) is 0 Å². The minimum absolute atomic E-state index is 0.00572. The van der Waals surface area contributed by atoms with E-state index in [4.69, 9.17) is 9.72 Å². The van der Waals surface area contributed by atoms with Gasteiger partial charge in [0, 0.05) is 17.1 Å². The van der Waals surface area contributed by atoms with Crippen LogP contribution in [0.1, 0.15) is 42.6 Å². The van der Waals surface area contributed by atoms with Crippen LogP contribution in [-0.4, -0.2) is 35.9 Å². The first-order chi connectivity index (χ1) is 14.2. The highest BCUT2D eigenvalue weighted by Crippen LogP contribution is 2.32. The van der Waals surface area contributed by atoms with Crippen LogP contribution in [0.15, 0.2) is 47.4 Å². The van der Waals surface area contributed by atoms with Gasteiger partial charge in [-0.05, 0) is 60.9 Å². The van der Waals surface area contributed by atoms with Gasteiger partial charge in [0.05, 0.1) is 22.9 Å². The van der Waals surface area contributed by atoms with Gasteiger partial charge in [-0.25, -0.2) is 4.98 Å². The Morgan fingerprint density at radius 2 is 2.17 bits per heavy atom. The van der Waals surface area contributed by atoms with Crippen LogP contribution in [0.4, 0.5) is 5.13 Å². The molecule has 1 aromatic heterocycles. The van der Waals surface area contributed by atoms with Crippen molar-refractivity contribution in [3.8, 4) is 0 Å². The molecule has 152 valence electrons. The topological polar surface area (TPSA) is 42.4 Å². The Labute approximate surface area is 180 Å². The molecule has 29 heavy (non-hydrogen) atoms. The second-order valence-electron chi connectivity index (χ2n) is 7.16. The van der Waals surface area contributed by atoms with E-state index in [1.165, 1.54) is 5.56 Å². The highest BCUT2D eigenvalue weighted by atomic mass is 32.2. The monoisotopic (exact) mass is 426 g/mol. The molecule has 1 aliphatic rings. The van der Waals surface area contributed by atoms with E-state index >= 15 is 0 Å². The molecule has 1 atom stereocenters. The van der Waals surface area contributed by atoms with Crippen LogP contribution in [0.3, 0.4) is 0 Å². The van der Waals surface area contributed by atoms with Crippen molar-refractivity contribution in [2.45, 2.75) is 44.1 Å². The number of hydrogen-bond donors (Lipinski definition) is 0. The van der Waals surface area contributed by atoms with Gasteiger partial charge in [-0.1, -0.05) is 37.3 Å². The molecular formula is C23H26N2O2S2. The molecular weight excluding hydrogens is 400 g/mol. The molecule has 0 N–H and O–H groups in total. The molecule has 0 bridgehead atoms. The maximum atomic E-state index is 13.5. The third-order valence-electron chi connectivity index (χ3n) is 5.13. The summed E-state index contributed by atoms with van der Waals surface area (Å²) >= 11 is 3.34. The molecule has 0 saturated carbocycles. The van der Waals surface area contributed by atoms with Crippen molar-refractivity contribution in [1.82, 2.24) is 4.98 Å². The van der Waals surface area contributed by atoms with Crippen molar-refractivity contribution in [2.75, 3.05) is 23.8 Å². The van der Waals surface area contributed by atoms with E-state index in [1.807, 2.05) is 23.1 Å². The summed E-state index contributed by atoms with van der Waals surface area (Å²) in [5, 5.41) is 0.752. The molecule has 6 heteroatoms. The number of fused-ring (bicyclic) bond motifs is 1. The van der Waals surface area contributed by atoms with E-state index in [9.17, 15) is 4.79 Å². The lowest BCUT2D eigenvalue weighted by Crippen LogP contribution is -2.37. The molecule has 1 unspecified atom stereocenters. The number of aryl methyl sites for hydroxylation is 1. The molecule has 2 aromatic carbocycles. The van der Waals surface area contributed by atoms with Crippen LogP contribution >= 0.6 is 23.1 Å². The highest BCUT2D eigenvalue weighted by Gasteiger charge is 2.27. The van der Waals surface area contributed by atoms with Crippen molar-refractivity contribution in [2.24, 2.45) is 0 Å². The quantitative estimate of drug-likeness (QED) is 0.448. The summed E-state index contributed by atoms with van der Waals surface area (Å²) in [6.07, 6.45) is 3.10. The Bertz CT molecular complexity index is 995. The van der Waals surface area contributed by atoms with Gasteiger partial charge < -0.3 is 4.74 Å². The molecule has 2 heterocycles. The minimum Gasteiger partial charge on any atom is -0.376 e. The average Bonchev–Trinajstić information content (AvgIpc) is 3.40. The van der Waals surface area contributed by atoms with Crippen molar-refractivity contribution >= 4 is 44.4 Å². The molecule has 0 radical (unpaired) electrons. The van der Waals surface area contributed by atoms with E-state index < -0.39 is 0 Å². The molecule has 0 aliphatic carbocycles. The fourth-order valence-electron chi connectivity index (χ4n) is 3.57. The Hall–Kier alpha value is -1.89. The zero-order valence-electron chi connectivity index (χ0n) is 16.9. The molecule has 1 amide bonds. The lowest BCUT2D eigenvalue weighted by atomic mass is 10.1. The van der Waals surface area contributed by atoms with E-state index in [0.29, 0.717) is 12.1 Å². The normalized spacial score (nSPS) is 16.4. The summed E-state index contributed by atoms with van der Waals surface area (Å²) in [6.45, 7) is 5.59. The van der Waals surface area contributed by atoms with E-state index in [1.54, 1.807) is 23.1 Å². The van der Waals surface area contributed by atoms with Gasteiger partial charge in [0.1, 0.15) is 0 Å². The lowest BCUT2D eigenvalue weighted by Gasteiger charge is -2.23. The van der Waals surface area contributed by atoms with Crippen molar-refractivity contribution < 1.29 is 9.53 Å². The molecule has 0 spiro atoms. The van der Waals surface area contributed by atoms with Crippen LogP contribution in [0.5, 0.6) is 0 Å². The number of carbonyl (C=O) groups is 1. The van der Waals surface area contributed by atoms with Gasteiger partial charge in [-0.3, -0.25) is 9.69 Å². The first-order valence-electron chi connectivity index (χ1n) is 10.2. The number of benzene rings is 2. The second kappa shape index (κ2) is 9.28. The van der Waals surface area contributed by atoms with E-state index in [2.05, 4.69) is 38.1 Å². The Kier molecular flexibility index (Phi) is 6.53. The number of hydrogen-bond acceptors (Lipinski definition) is 5. The van der Waals surface area contributed by atoms with E-state index in [-0.39, 0.29) is 12.0 Å². The number of rotatable bonds is 7. The van der Waals surface area contributed by atoms with Gasteiger partial charge in [0.25, 0.3) is 5.91 Å². The predicted molar refractivity (Wildman–Crippen MR) is 122 cm³/mol. The molecule has 1 aliphatic heterocycles. The number of aromatic nitrogens is 1. The summed E-state index contributed by atoms with van der Waals surface area (Å²) in [4.78, 5) is 21.3. The summed E-state index contributed by atoms with van der Waals surface area (Å²) in [7, 11) is 0. The fraction of sp³-hybridized carbons (Fsp3) is 0.391. The maximum absolute atomic E-state index is 13.5. The molecule has 3 aromatic rings. The third-order valence-corrected chi connectivity index (χ3v) is 7.05. The number of amides is 1. The van der Waals surface area contributed by atoms with Crippen molar-refractivity contribution in [3.63, 3.8) is 0 Å². The standard InChI is InChI=1S/C23H26N2O2S2/c1-3-16-10-11-20-21(13-16)29-23(24-20)25(15-18-8-6-12-27-18)22(26)17-7-5-9-19(14-17)28-4-2/h5,7,9-11,13-14,18H,3-4,6,8,12,15H2,1-2H3. The van der Waals surface area contributed by atoms with Crippen molar-refractivity contribution in [1.29, 1.82) is 0 Å². The average molecular weight is 427 g/mol. The summed E-state index contributed by atoms with van der Waals surface area (Å²) in [5.41, 5.74) is 2.94. The second-order valence-corrected chi connectivity index (χ2v) is 9.51. The Morgan fingerprint density at radius 3 is 2.93 bits per heavy atom. The Balaban J connectivity index is 1.69. The first kappa shape index (κ1) is 20.4. The SMILES string of the molecule is CCSc1cccc(C(=O)N(CC2CCCO2)c2nc3ccc(CC)cc3s2)c1. The minimum atomic E-state index is -0.00572. The number of ether oxygens (including phenoxy) is 1. The van der Waals surface area contributed by atoms with Crippen LogP contribution in [-0.2, 0) is 11.2 Å². The fourth-order valence-corrected chi connectivity index (χ4v) is 5.33. The predicted octanol–water partition coefficient (Wildman–Crippen LogP) is 5.80. The lowest BCUT2D eigenvalue weighted by molar-refractivity contribution is 0.0917. The third kappa shape index (κ3) is 4.65. The molecule has 1 saturated heterocycles. The molecule has 4 rings (SSSR count). The zero-order valence-corrected chi connectivity index (χ0v) is 18.5. The van der Waals surface area contributed by atoms with Gasteiger partial charge in [0.15, 0.2) is 5.13 Å². The van der Waals surface area contributed by atoms with Crippen LogP contribution in [0, 0.1) is 0 Å². The maximum Gasteiger partial charge on any atom is 0.260 e. The molecule has 4 nitrogen and oxygen atoms in total. The van der Waals surface area contributed by atoms with Gasteiger partial charge in [-0.2, -0.15) is 0 Å². The number of anilines is 1. The number of thiazole rings is 1. The number of nitrogens with zero attached hydrogens (tertiary/aromatic N) is 2. The van der Waals surface area contributed by atoms with Gasteiger partial charge >= 0.3 is 0 Å². The number of carbonyl (C=O) groups excluding carboxylic acids is 1. The van der Waals surface area contributed by atoms with Crippen LogP contribution in [0.2, 0.25) is 0 Å². The van der Waals surface area contributed by atoms with Gasteiger partial charge in [-0.15, -0.1) is 11.8 Å². The zero-order chi connectivity index (χ0) is 20.2. The summed E-state index contributed by atoms with van der Waals surface area (Å²) in [6, 6.07) is 14.3. The molecule has 1 fully saturated rings. The first-order valence-corrected chi connectivity index (χ1v) is 12.0. The number of thioether (sulfide) groups is 1. The largest absolute Gasteiger partial charge is 0.376 e. The van der Waals surface area contributed by atoms with Crippen LogP contribution in [0.25, 0.3) is 10.2 Å².